The Morgan fingerprint density at radius 3 is 2.55 bits per heavy atom. The standard InChI is InChI=1S/C13H20N2O4S/c1-14-7-6-12(10-14)20(18,19)15-8-4-11(5-9-15)2-3-13(16)17/h6-7,10-11H,2-5,8-9H2,1H3,(H,16,17). The molecule has 1 fully saturated rings. The van der Waals surface area contributed by atoms with E-state index >= 15 is 0 Å². The first-order valence-corrected chi connectivity index (χ1v) is 8.17. The molecule has 1 N–H and O–H groups in total. The van der Waals surface area contributed by atoms with Gasteiger partial charge in [-0.3, -0.25) is 4.79 Å². The molecule has 0 amide bonds. The maximum Gasteiger partial charge on any atom is 0.303 e. The van der Waals surface area contributed by atoms with Gasteiger partial charge in [-0.1, -0.05) is 0 Å². The fourth-order valence-electron chi connectivity index (χ4n) is 2.55. The summed E-state index contributed by atoms with van der Waals surface area (Å²) in [4.78, 5) is 10.9. The second kappa shape index (κ2) is 5.97. The number of carboxylic acids is 1. The highest BCUT2D eigenvalue weighted by Crippen LogP contribution is 2.26. The summed E-state index contributed by atoms with van der Waals surface area (Å²) in [6.45, 7) is 0.947. The van der Waals surface area contributed by atoms with Crippen molar-refractivity contribution in [1.82, 2.24) is 8.87 Å². The van der Waals surface area contributed by atoms with E-state index < -0.39 is 16.0 Å². The van der Waals surface area contributed by atoms with Crippen molar-refractivity contribution < 1.29 is 18.3 Å². The van der Waals surface area contributed by atoms with Crippen LogP contribution in [0.25, 0.3) is 0 Å². The fraction of sp³-hybridized carbons (Fsp3) is 0.615. The average Bonchev–Trinajstić information content (AvgIpc) is 2.84. The quantitative estimate of drug-likeness (QED) is 0.888. The van der Waals surface area contributed by atoms with Crippen molar-refractivity contribution in [2.75, 3.05) is 13.1 Å². The van der Waals surface area contributed by atoms with Crippen LogP contribution in [0.3, 0.4) is 0 Å². The third-order valence-corrected chi connectivity index (χ3v) is 5.66. The molecule has 2 rings (SSSR count). The normalized spacial score (nSPS) is 18.2. The van der Waals surface area contributed by atoms with Gasteiger partial charge in [0.2, 0.25) is 10.0 Å². The molecule has 6 nitrogen and oxygen atoms in total. The van der Waals surface area contributed by atoms with Crippen LogP contribution in [0.1, 0.15) is 25.7 Å². The highest BCUT2D eigenvalue weighted by atomic mass is 32.2. The Balaban J connectivity index is 1.95. The van der Waals surface area contributed by atoms with Gasteiger partial charge >= 0.3 is 5.97 Å². The van der Waals surface area contributed by atoms with Crippen LogP contribution in [-0.4, -0.2) is 41.5 Å². The Morgan fingerprint density at radius 1 is 1.40 bits per heavy atom. The number of sulfonamides is 1. The first-order chi connectivity index (χ1) is 9.39. The minimum absolute atomic E-state index is 0.163. The predicted molar refractivity (Wildman–Crippen MR) is 73.8 cm³/mol. The number of nitrogens with zero attached hydrogens (tertiary/aromatic N) is 2. The van der Waals surface area contributed by atoms with Crippen molar-refractivity contribution >= 4 is 16.0 Å². The number of aliphatic carboxylic acids is 1. The molecule has 1 aromatic rings. The maximum atomic E-state index is 12.4. The van der Waals surface area contributed by atoms with Crippen LogP contribution in [0, 0.1) is 5.92 Å². The van der Waals surface area contributed by atoms with Crippen LogP contribution >= 0.6 is 0 Å². The van der Waals surface area contributed by atoms with E-state index in [-0.39, 0.29) is 6.42 Å². The van der Waals surface area contributed by atoms with Crippen molar-refractivity contribution in [3.8, 4) is 0 Å². The van der Waals surface area contributed by atoms with Crippen LogP contribution in [-0.2, 0) is 21.9 Å². The molecule has 1 saturated heterocycles. The topological polar surface area (TPSA) is 79.6 Å². The number of carboxylic acid groups (broad SMARTS) is 1. The van der Waals surface area contributed by atoms with Gasteiger partial charge in [-0.15, -0.1) is 0 Å². The van der Waals surface area contributed by atoms with E-state index in [4.69, 9.17) is 5.11 Å². The first kappa shape index (κ1) is 15.1. The van der Waals surface area contributed by atoms with Gasteiger partial charge in [0.15, 0.2) is 0 Å². The van der Waals surface area contributed by atoms with E-state index in [1.54, 1.807) is 30.1 Å². The highest BCUT2D eigenvalue weighted by molar-refractivity contribution is 7.89. The number of piperidine rings is 1. The summed E-state index contributed by atoms with van der Waals surface area (Å²) >= 11 is 0. The van der Waals surface area contributed by atoms with E-state index in [1.807, 2.05) is 0 Å². The number of aromatic nitrogens is 1. The lowest BCUT2D eigenvalue weighted by atomic mass is 9.93. The molecular weight excluding hydrogens is 280 g/mol. The SMILES string of the molecule is Cn1ccc(S(=O)(=O)N2CCC(CCC(=O)O)CC2)c1. The van der Waals surface area contributed by atoms with Crippen molar-refractivity contribution in [3.63, 3.8) is 0 Å². The van der Waals surface area contributed by atoms with Gasteiger partial charge in [0.05, 0.1) is 4.90 Å². The minimum Gasteiger partial charge on any atom is -0.481 e. The molecule has 1 aliphatic heterocycles. The number of hydrogen-bond donors (Lipinski definition) is 1. The molecule has 0 unspecified atom stereocenters. The summed E-state index contributed by atoms with van der Waals surface area (Å²) < 4.78 is 28.0. The predicted octanol–water partition coefficient (Wildman–Crippen LogP) is 1.29. The molecule has 112 valence electrons. The van der Waals surface area contributed by atoms with E-state index in [0.717, 1.165) is 12.8 Å². The fourth-order valence-corrected chi connectivity index (χ4v) is 4.07. The first-order valence-electron chi connectivity index (χ1n) is 6.73. The summed E-state index contributed by atoms with van der Waals surface area (Å²) in [5, 5.41) is 8.67. The maximum absolute atomic E-state index is 12.4. The second-order valence-electron chi connectivity index (χ2n) is 5.29. The zero-order valence-electron chi connectivity index (χ0n) is 11.5. The monoisotopic (exact) mass is 300 g/mol. The molecule has 0 bridgehead atoms. The van der Waals surface area contributed by atoms with Gasteiger partial charge in [0.1, 0.15) is 0 Å². The van der Waals surface area contributed by atoms with E-state index in [2.05, 4.69) is 0 Å². The Bertz CT molecular complexity index is 571. The molecular formula is C13H20N2O4S. The van der Waals surface area contributed by atoms with Crippen LogP contribution in [0.2, 0.25) is 0 Å². The molecule has 2 heterocycles. The molecule has 0 spiro atoms. The summed E-state index contributed by atoms with van der Waals surface area (Å²) in [6, 6.07) is 1.60. The lowest BCUT2D eigenvalue weighted by Crippen LogP contribution is -2.38. The Hall–Kier alpha value is -1.34. The number of aryl methyl sites for hydroxylation is 1. The van der Waals surface area contributed by atoms with Gasteiger partial charge in [0.25, 0.3) is 0 Å². The zero-order valence-corrected chi connectivity index (χ0v) is 12.3. The lowest BCUT2D eigenvalue weighted by molar-refractivity contribution is -0.137. The lowest BCUT2D eigenvalue weighted by Gasteiger charge is -2.30. The Morgan fingerprint density at radius 2 is 2.05 bits per heavy atom. The molecule has 0 aliphatic carbocycles. The minimum atomic E-state index is -3.40. The second-order valence-corrected chi connectivity index (χ2v) is 7.23. The Kier molecular flexibility index (Phi) is 4.49. The molecule has 0 radical (unpaired) electrons. The van der Waals surface area contributed by atoms with Crippen molar-refractivity contribution in [3.05, 3.63) is 18.5 Å². The van der Waals surface area contributed by atoms with Crippen LogP contribution < -0.4 is 0 Å². The molecule has 0 atom stereocenters. The van der Waals surface area contributed by atoms with E-state index in [0.29, 0.717) is 30.3 Å². The van der Waals surface area contributed by atoms with Gasteiger partial charge in [-0.25, -0.2) is 8.42 Å². The molecule has 20 heavy (non-hydrogen) atoms. The molecule has 0 saturated carbocycles. The van der Waals surface area contributed by atoms with E-state index in [1.165, 1.54) is 4.31 Å². The van der Waals surface area contributed by atoms with Crippen LogP contribution in [0.4, 0.5) is 0 Å². The van der Waals surface area contributed by atoms with Crippen molar-refractivity contribution in [2.24, 2.45) is 13.0 Å². The largest absolute Gasteiger partial charge is 0.481 e. The third kappa shape index (κ3) is 3.40. The molecule has 1 aliphatic rings. The number of carbonyl (C=O) groups is 1. The van der Waals surface area contributed by atoms with Crippen molar-refractivity contribution in [1.29, 1.82) is 0 Å². The van der Waals surface area contributed by atoms with Crippen LogP contribution in [0.15, 0.2) is 23.4 Å². The summed E-state index contributed by atoms with van der Waals surface area (Å²) in [7, 11) is -1.61. The van der Waals surface area contributed by atoms with Gasteiger partial charge in [0, 0.05) is 39.0 Å². The highest BCUT2D eigenvalue weighted by Gasteiger charge is 2.29. The van der Waals surface area contributed by atoms with Gasteiger partial charge < -0.3 is 9.67 Å². The summed E-state index contributed by atoms with van der Waals surface area (Å²) in [5.74, 6) is -0.474. The van der Waals surface area contributed by atoms with Gasteiger partial charge in [-0.05, 0) is 31.2 Å². The van der Waals surface area contributed by atoms with Gasteiger partial charge in [-0.2, -0.15) is 4.31 Å². The molecule has 7 heteroatoms. The van der Waals surface area contributed by atoms with Crippen molar-refractivity contribution in [2.45, 2.75) is 30.6 Å². The number of rotatable bonds is 5. The molecule has 1 aromatic heterocycles. The zero-order chi connectivity index (χ0) is 14.8. The Labute approximate surface area is 119 Å². The van der Waals surface area contributed by atoms with Crippen LogP contribution in [0.5, 0.6) is 0 Å². The average molecular weight is 300 g/mol. The number of hydrogen-bond acceptors (Lipinski definition) is 3. The third-order valence-electron chi connectivity index (χ3n) is 3.78. The smallest absolute Gasteiger partial charge is 0.303 e. The summed E-state index contributed by atoms with van der Waals surface area (Å²) in [6.07, 6.45) is 5.59. The van der Waals surface area contributed by atoms with E-state index in [9.17, 15) is 13.2 Å². The summed E-state index contributed by atoms with van der Waals surface area (Å²) in [5.41, 5.74) is 0. The molecule has 0 aromatic carbocycles.